The first kappa shape index (κ1) is 20.2. The van der Waals surface area contributed by atoms with E-state index in [1.807, 2.05) is 0 Å². The van der Waals surface area contributed by atoms with E-state index in [2.05, 4.69) is 9.72 Å². The zero-order valence-electron chi connectivity index (χ0n) is 14.8. The number of esters is 1. The van der Waals surface area contributed by atoms with Crippen LogP contribution in [0.3, 0.4) is 0 Å². The molecule has 6 nitrogen and oxygen atoms in total. The van der Waals surface area contributed by atoms with Gasteiger partial charge in [-0.05, 0) is 49.8 Å². The molecular weight excluding hydrogens is 360 g/mol. The number of aromatic nitrogens is 1. The maximum Gasteiger partial charge on any atom is 0.387 e. The monoisotopic (exact) mass is 379 g/mol. The van der Waals surface area contributed by atoms with Crippen LogP contribution in [-0.2, 0) is 9.53 Å². The Kier molecular flexibility index (Phi) is 7.10. The van der Waals surface area contributed by atoms with Crippen LogP contribution in [0.15, 0.2) is 36.5 Å². The third kappa shape index (κ3) is 5.40. The number of carbonyl (C=O) groups is 1. The zero-order chi connectivity index (χ0) is 19.8. The third-order valence-corrected chi connectivity index (χ3v) is 3.33. The predicted molar refractivity (Wildman–Crippen MR) is 94.6 cm³/mol. The molecule has 0 amide bonds. The molecule has 2 aromatic rings. The number of halogens is 2. The maximum absolute atomic E-state index is 12.5. The number of carbonyl (C=O) groups excluding carboxylic acids is 1. The largest absolute Gasteiger partial charge is 0.506 e. The Morgan fingerprint density at radius 2 is 2.00 bits per heavy atom. The molecule has 0 fully saturated rings. The number of rotatable bonds is 8. The Morgan fingerprint density at radius 3 is 2.63 bits per heavy atom. The molecule has 0 aliphatic carbocycles. The Labute approximate surface area is 155 Å². The molecule has 144 valence electrons. The lowest BCUT2D eigenvalue weighted by atomic mass is 10.1. The van der Waals surface area contributed by atoms with Gasteiger partial charge in [0.25, 0.3) is 0 Å². The molecule has 0 aliphatic heterocycles. The quantitative estimate of drug-likeness (QED) is 0.554. The molecular formula is C19H19F2NO5. The molecule has 0 radical (unpaired) electrons. The summed E-state index contributed by atoms with van der Waals surface area (Å²) in [5.74, 6) is -0.903. The summed E-state index contributed by atoms with van der Waals surface area (Å²) in [6.07, 6.45) is 2.85. The third-order valence-electron chi connectivity index (χ3n) is 3.33. The Morgan fingerprint density at radius 1 is 1.22 bits per heavy atom. The Bertz CT molecular complexity index is 823. The standard InChI is InChI=1S/C19H19F2NO5/c1-3-25-16-11-12(7-8-15(16)27-19(20)21)10-13(18(24)26-4-2)17-14(23)6-5-9-22-17/h5-11,19,23H,3-4H2,1-2H3. The number of nitrogens with zero attached hydrogens (tertiary/aromatic N) is 1. The van der Waals surface area contributed by atoms with Gasteiger partial charge in [0.2, 0.25) is 0 Å². The molecule has 1 N–H and O–H groups in total. The Balaban J connectivity index is 2.51. The topological polar surface area (TPSA) is 77.9 Å². The van der Waals surface area contributed by atoms with E-state index in [-0.39, 0.29) is 41.7 Å². The second-order valence-electron chi connectivity index (χ2n) is 5.17. The number of benzene rings is 1. The van der Waals surface area contributed by atoms with E-state index in [9.17, 15) is 18.7 Å². The van der Waals surface area contributed by atoms with Crippen LogP contribution in [0, 0.1) is 0 Å². The first-order valence-electron chi connectivity index (χ1n) is 8.21. The molecule has 0 unspecified atom stereocenters. The van der Waals surface area contributed by atoms with E-state index in [1.54, 1.807) is 13.8 Å². The number of hydrogen-bond donors (Lipinski definition) is 1. The summed E-state index contributed by atoms with van der Waals surface area (Å²) < 4.78 is 39.8. The van der Waals surface area contributed by atoms with Gasteiger partial charge in [0.1, 0.15) is 11.4 Å². The summed E-state index contributed by atoms with van der Waals surface area (Å²) >= 11 is 0. The van der Waals surface area contributed by atoms with E-state index < -0.39 is 12.6 Å². The van der Waals surface area contributed by atoms with Gasteiger partial charge in [-0.25, -0.2) is 4.79 Å². The van der Waals surface area contributed by atoms with Crippen LogP contribution < -0.4 is 9.47 Å². The zero-order valence-corrected chi connectivity index (χ0v) is 14.8. The fourth-order valence-corrected chi connectivity index (χ4v) is 2.28. The highest BCUT2D eigenvalue weighted by Crippen LogP contribution is 2.32. The SMILES string of the molecule is CCOC(=O)C(=Cc1ccc(OC(F)F)c(OCC)c1)c1ncccc1O. The molecule has 0 bridgehead atoms. The molecule has 0 saturated carbocycles. The first-order chi connectivity index (χ1) is 13.0. The molecule has 8 heteroatoms. The van der Waals surface area contributed by atoms with Crippen molar-refractivity contribution in [1.82, 2.24) is 4.98 Å². The van der Waals surface area contributed by atoms with Crippen molar-refractivity contribution in [3.63, 3.8) is 0 Å². The normalized spacial score (nSPS) is 11.4. The summed E-state index contributed by atoms with van der Waals surface area (Å²) in [4.78, 5) is 16.3. The number of aromatic hydroxyl groups is 1. The van der Waals surface area contributed by atoms with E-state index in [0.717, 1.165) is 0 Å². The highest BCUT2D eigenvalue weighted by atomic mass is 19.3. The van der Waals surface area contributed by atoms with Crippen molar-refractivity contribution in [1.29, 1.82) is 0 Å². The number of hydrogen-bond acceptors (Lipinski definition) is 6. The van der Waals surface area contributed by atoms with Crippen LogP contribution in [-0.4, -0.2) is 35.9 Å². The van der Waals surface area contributed by atoms with Crippen molar-refractivity contribution >= 4 is 17.6 Å². The van der Waals surface area contributed by atoms with Gasteiger partial charge in [-0.15, -0.1) is 0 Å². The van der Waals surface area contributed by atoms with E-state index in [1.165, 1.54) is 42.6 Å². The minimum atomic E-state index is -2.99. The molecule has 1 aromatic heterocycles. The highest BCUT2D eigenvalue weighted by molar-refractivity contribution is 6.21. The average Bonchev–Trinajstić information content (AvgIpc) is 2.62. The smallest absolute Gasteiger partial charge is 0.387 e. The Hall–Kier alpha value is -3.16. The lowest BCUT2D eigenvalue weighted by molar-refractivity contribution is -0.136. The average molecular weight is 379 g/mol. The van der Waals surface area contributed by atoms with Gasteiger partial charge in [0.05, 0.1) is 18.8 Å². The van der Waals surface area contributed by atoms with Gasteiger partial charge >= 0.3 is 12.6 Å². The summed E-state index contributed by atoms with van der Waals surface area (Å²) in [6.45, 7) is 0.724. The van der Waals surface area contributed by atoms with Crippen LogP contribution in [0.5, 0.6) is 17.2 Å². The van der Waals surface area contributed by atoms with Gasteiger partial charge < -0.3 is 19.3 Å². The minimum absolute atomic E-state index is 0.0138. The predicted octanol–water partition coefficient (Wildman–Crippen LogP) is 3.89. The van der Waals surface area contributed by atoms with E-state index in [0.29, 0.717) is 5.56 Å². The van der Waals surface area contributed by atoms with Crippen LogP contribution in [0.25, 0.3) is 11.6 Å². The molecule has 0 atom stereocenters. The van der Waals surface area contributed by atoms with Crippen LogP contribution in [0.4, 0.5) is 8.78 Å². The van der Waals surface area contributed by atoms with Crippen molar-refractivity contribution in [2.45, 2.75) is 20.5 Å². The molecule has 0 aliphatic rings. The molecule has 0 saturated heterocycles. The molecule has 0 spiro atoms. The second-order valence-corrected chi connectivity index (χ2v) is 5.17. The molecule has 27 heavy (non-hydrogen) atoms. The molecule has 2 rings (SSSR count). The van der Waals surface area contributed by atoms with Gasteiger partial charge in [-0.3, -0.25) is 4.98 Å². The van der Waals surface area contributed by atoms with Gasteiger partial charge in [-0.2, -0.15) is 8.78 Å². The van der Waals surface area contributed by atoms with Crippen LogP contribution in [0.1, 0.15) is 25.1 Å². The number of alkyl halides is 2. The summed E-state index contributed by atoms with van der Waals surface area (Å²) in [5.41, 5.74) is 0.509. The summed E-state index contributed by atoms with van der Waals surface area (Å²) in [7, 11) is 0. The van der Waals surface area contributed by atoms with Crippen molar-refractivity contribution in [3.8, 4) is 17.2 Å². The minimum Gasteiger partial charge on any atom is -0.506 e. The van der Waals surface area contributed by atoms with Crippen LogP contribution in [0.2, 0.25) is 0 Å². The van der Waals surface area contributed by atoms with Gasteiger partial charge in [0.15, 0.2) is 11.5 Å². The fraction of sp³-hybridized carbons (Fsp3) is 0.263. The molecule has 1 heterocycles. The number of ether oxygens (including phenoxy) is 3. The van der Waals surface area contributed by atoms with Crippen molar-refractivity contribution in [2.75, 3.05) is 13.2 Å². The van der Waals surface area contributed by atoms with Crippen molar-refractivity contribution in [3.05, 3.63) is 47.8 Å². The summed E-state index contributed by atoms with van der Waals surface area (Å²) in [5, 5.41) is 10.0. The lowest BCUT2D eigenvalue weighted by Gasteiger charge is -2.12. The maximum atomic E-state index is 12.5. The number of pyridine rings is 1. The van der Waals surface area contributed by atoms with Crippen molar-refractivity contribution in [2.24, 2.45) is 0 Å². The van der Waals surface area contributed by atoms with Gasteiger partial charge in [-0.1, -0.05) is 6.07 Å². The fourth-order valence-electron chi connectivity index (χ4n) is 2.28. The van der Waals surface area contributed by atoms with E-state index in [4.69, 9.17) is 9.47 Å². The lowest BCUT2D eigenvalue weighted by Crippen LogP contribution is -2.08. The molecule has 1 aromatic carbocycles. The highest BCUT2D eigenvalue weighted by Gasteiger charge is 2.19. The van der Waals surface area contributed by atoms with Crippen LogP contribution >= 0.6 is 0 Å². The first-order valence-corrected chi connectivity index (χ1v) is 8.21. The van der Waals surface area contributed by atoms with Crippen molar-refractivity contribution < 1.29 is 32.9 Å². The van der Waals surface area contributed by atoms with Gasteiger partial charge in [0, 0.05) is 6.20 Å². The second kappa shape index (κ2) is 9.51. The summed E-state index contributed by atoms with van der Waals surface area (Å²) in [6, 6.07) is 7.13. The van der Waals surface area contributed by atoms with E-state index >= 15 is 0 Å².